The number of nitrogens with two attached hydrogens (primary N) is 1. The van der Waals surface area contributed by atoms with Gasteiger partial charge in [0.05, 0.1) is 0 Å². The largest absolute Gasteiger partial charge is 0.508 e. The second kappa shape index (κ2) is 5.93. The topological polar surface area (TPSA) is 103 Å². The number of ether oxygens (including phenoxy) is 1. The number of benzene rings is 3. The van der Waals surface area contributed by atoms with Gasteiger partial charge in [-0.1, -0.05) is 0 Å². The molecule has 0 amide bonds. The molecule has 128 valence electrons. The summed E-state index contributed by atoms with van der Waals surface area (Å²) in [5.41, 5.74) is 8.44. The number of carbonyl (C=O) groups is 1. The monoisotopic (exact) mass is 347 g/mol. The Morgan fingerprint density at radius 1 is 1.00 bits per heavy atom. The number of hydrogen-bond donors (Lipinski definition) is 2. The molecule has 26 heavy (non-hydrogen) atoms. The van der Waals surface area contributed by atoms with Crippen LogP contribution in [0.1, 0.15) is 0 Å². The highest BCUT2D eigenvalue weighted by atomic mass is 16.5. The Labute approximate surface area is 147 Å². The highest BCUT2D eigenvalue weighted by molar-refractivity contribution is 6.03. The van der Waals surface area contributed by atoms with Crippen molar-refractivity contribution in [2.45, 2.75) is 0 Å². The lowest BCUT2D eigenvalue weighted by Gasteiger charge is -2.17. The molecule has 0 radical (unpaired) electrons. The van der Waals surface area contributed by atoms with E-state index >= 15 is 0 Å². The zero-order chi connectivity index (χ0) is 18.3. The van der Waals surface area contributed by atoms with Gasteiger partial charge in [-0.15, -0.1) is 0 Å². The van der Waals surface area contributed by atoms with Crippen LogP contribution in [0.25, 0.3) is 33.4 Å². The molecule has 0 aromatic heterocycles. The summed E-state index contributed by atoms with van der Waals surface area (Å²) in [6.07, 6.45) is 0. The number of anilines is 1. The van der Waals surface area contributed by atoms with Gasteiger partial charge >= 0.3 is 0 Å². The number of aromatic hydroxyl groups is 1. The molecule has 6 nitrogen and oxygen atoms in total. The lowest BCUT2D eigenvalue weighted by atomic mass is 9.93. The number of phenols is 1. The van der Waals surface area contributed by atoms with Crippen LogP contribution in [0.4, 0.5) is 5.69 Å². The molecule has 2 aromatic carbocycles. The fourth-order valence-corrected chi connectivity index (χ4v) is 3.04. The van der Waals surface area contributed by atoms with Crippen molar-refractivity contribution in [1.29, 1.82) is 0 Å². The van der Waals surface area contributed by atoms with Crippen molar-refractivity contribution in [1.82, 2.24) is 0 Å². The molecule has 4 rings (SSSR count). The maximum atomic E-state index is 11.8. The molecule has 1 aliphatic carbocycles. The minimum atomic E-state index is -0.201. The number of fused-ring (bicyclic) bond motifs is 2. The first-order chi connectivity index (χ1) is 12.6. The van der Waals surface area contributed by atoms with E-state index in [0.717, 1.165) is 0 Å². The van der Waals surface area contributed by atoms with Gasteiger partial charge in [-0.2, -0.15) is 0 Å². The molecule has 0 bridgehead atoms. The zero-order valence-corrected chi connectivity index (χ0v) is 13.4. The standard InChI is InChI=1S/C20H13NO5/c21-11-1-4-14(17(7-11)25-10-22)20-15-5-2-12(23)8-18(15)26-19-9-13(24)3-6-16(19)20/h1-10,23H,21H2. The molecule has 1 aliphatic heterocycles. The van der Waals surface area contributed by atoms with Crippen molar-refractivity contribution < 1.29 is 19.1 Å². The number of carbonyl (C=O) groups excluding carboxylic acids is 1. The Hall–Kier alpha value is -3.80. The van der Waals surface area contributed by atoms with Crippen LogP contribution in [-0.4, -0.2) is 11.6 Å². The van der Waals surface area contributed by atoms with Gasteiger partial charge in [0.15, 0.2) is 5.43 Å². The molecule has 0 spiro atoms. The van der Waals surface area contributed by atoms with Gasteiger partial charge in [-0.05, 0) is 36.4 Å². The van der Waals surface area contributed by atoms with Crippen LogP contribution in [0.15, 0.2) is 63.8 Å². The predicted octanol–water partition coefficient (Wildman–Crippen LogP) is 3.39. The molecule has 2 aliphatic rings. The quantitative estimate of drug-likeness (QED) is 0.334. The maximum Gasteiger partial charge on any atom is 0.298 e. The zero-order valence-electron chi connectivity index (χ0n) is 13.4. The predicted molar refractivity (Wildman–Crippen MR) is 97.3 cm³/mol. The molecule has 3 N–H and O–H groups in total. The molecule has 6 heteroatoms. The van der Waals surface area contributed by atoms with Crippen molar-refractivity contribution in [3.63, 3.8) is 0 Å². The van der Waals surface area contributed by atoms with Crippen LogP contribution < -0.4 is 15.9 Å². The van der Waals surface area contributed by atoms with E-state index in [2.05, 4.69) is 0 Å². The molecule has 2 aromatic rings. The van der Waals surface area contributed by atoms with Crippen LogP contribution in [0.2, 0.25) is 0 Å². The van der Waals surface area contributed by atoms with Crippen molar-refractivity contribution >= 4 is 23.1 Å². The van der Waals surface area contributed by atoms with Crippen LogP contribution in [0.3, 0.4) is 0 Å². The molecule has 0 saturated heterocycles. The Morgan fingerprint density at radius 2 is 1.81 bits per heavy atom. The molecule has 0 fully saturated rings. The van der Waals surface area contributed by atoms with E-state index in [-0.39, 0.29) is 16.9 Å². The average molecular weight is 347 g/mol. The fraction of sp³-hybridized carbons (Fsp3) is 0. The Bertz CT molecular complexity index is 1180. The normalized spacial score (nSPS) is 10.9. The average Bonchev–Trinajstić information content (AvgIpc) is 2.60. The maximum absolute atomic E-state index is 11.8. The van der Waals surface area contributed by atoms with Crippen molar-refractivity contribution in [2.24, 2.45) is 0 Å². The summed E-state index contributed by atoms with van der Waals surface area (Å²) in [5.74, 6) is 0.680. The van der Waals surface area contributed by atoms with Gasteiger partial charge < -0.3 is 20.0 Å². The summed E-state index contributed by atoms with van der Waals surface area (Å²) in [4.78, 5) is 22.7. The van der Waals surface area contributed by atoms with Gasteiger partial charge in [-0.25, -0.2) is 0 Å². The minimum absolute atomic E-state index is 0.0338. The fourth-order valence-electron chi connectivity index (χ4n) is 3.04. The summed E-state index contributed by atoms with van der Waals surface area (Å²) < 4.78 is 10.9. The second-order valence-electron chi connectivity index (χ2n) is 5.79. The van der Waals surface area contributed by atoms with E-state index in [1.54, 1.807) is 30.3 Å². The van der Waals surface area contributed by atoms with Gasteiger partial charge in [0.2, 0.25) is 0 Å². The third-order valence-electron chi connectivity index (χ3n) is 4.13. The summed E-state index contributed by atoms with van der Waals surface area (Å²) >= 11 is 0. The summed E-state index contributed by atoms with van der Waals surface area (Å²) in [5, 5.41) is 10.5. The van der Waals surface area contributed by atoms with Gasteiger partial charge in [0, 0.05) is 46.0 Å². The van der Waals surface area contributed by atoms with Gasteiger partial charge in [-0.3, -0.25) is 9.59 Å². The number of rotatable bonds is 3. The van der Waals surface area contributed by atoms with Crippen molar-refractivity contribution in [3.8, 4) is 33.9 Å². The van der Waals surface area contributed by atoms with E-state index < -0.39 is 0 Å². The lowest BCUT2D eigenvalue weighted by Crippen LogP contribution is -2.01. The third-order valence-corrected chi connectivity index (χ3v) is 4.13. The number of hydrogen-bond acceptors (Lipinski definition) is 6. The molecule has 1 heterocycles. The molecule has 0 atom stereocenters. The molecular formula is C20H13NO5. The van der Waals surface area contributed by atoms with Crippen molar-refractivity contribution in [3.05, 3.63) is 64.8 Å². The first-order valence-corrected chi connectivity index (χ1v) is 7.76. The van der Waals surface area contributed by atoms with Gasteiger partial charge in [0.1, 0.15) is 22.8 Å². The Kier molecular flexibility index (Phi) is 3.58. The van der Waals surface area contributed by atoms with E-state index in [0.29, 0.717) is 45.6 Å². The van der Waals surface area contributed by atoms with E-state index in [1.165, 1.54) is 24.3 Å². The summed E-state index contributed by atoms with van der Waals surface area (Å²) in [6, 6.07) is 14.1. The van der Waals surface area contributed by atoms with E-state index in [1.807, 2.05) is 0 Å². The highest BCUT2D eigenvalue weighted by Crippen LogP contribution is 2.44. The smallest absolute Gasteiger partial charge is 0.298 e. The van der Waals surface area contributed by atoms with Gasteiger partial charge in [0.25, 0.3) is 6.47 Å². The SMILES string of the molecule is Nc1ccc(-c2c3ccc(=O)cc-3oc3cc(O)ccc23)c(OC=O)c1. The van der Waals surface area contributed by atoms with Crippen LogP contribution >= 0.6 is 0 Å². The second-order valence-corrected chi connectivity index (χ2v) is 5.79. The number of nitrogen functional groups attached to an aromatic ring is 1. The first kappa shape index (κ1) is 15.7. The minimum Gasteiger partial charge on any atom is -0.508 e. The first-order valence-electron chi connectivity index (χ1n) is 7.76. The summed E-state index contributed by atoms with van der Waals surface area (Å²) in [6.45, 7) is 0.331. The molecule has 0 unspecified atom stereocenters. The summed E-state index contributed by atoms with van der Waals surface area (Å²) in [7, 11) is 0. The van der Waals surface area contributed by atoms with Crippen LogP contribution in [-0.2, 0) is 4.79 Å². The third kappa shape index (κ3) is 2.53. The van der Waals surface area contributed by atoms with E-state index in [9.17, 15) is 14.7 Å². The van der Waals surface area contributed by atoms with Crippen molar-refractivity contribution in [2.75, 3.05) is 5.73 Å². The Morgan fingerprint density at radius 3 is 2.62 bits per heavy atom. The van der Waals surface area contributed by atoms with Crippen LogP contribution in [0, 0.1) is 0 Å². The molecule has 0 saturated carbocycles. The highest BCUT2D eigenvalue weighted by Gasteiger charge is 2.20. The number of phenolic OH excluding ortho intramolecular Hbond substituents is 1. The van der Waals surface area contributed by atoms with E-state index in [4.69, 9.17) is 14.9 Å². The van der Waals surface area contributed by atoms with Crippen LogP contribution in [0.5, 0.6) is 11.5 Å². The Balaban J connectivity index is 2.17. The molecular weight excluding hydrogens is 334 g/mol. The lowest BCUT2D eigenvalue weighted by molar-refractivity contribution is -0.120.